The van der Waals surface area contributed by atoms with Gasteiger partial charge in [-0.3, -0.25) is 4.90 Å². The molecule has 2 rings (SSSR count). The first-order valence-corrected chi connectivity index (χ1v) is 5.87. The lowest BCUT2D eigenvalue weighted by atomic mass is 9.94. The summed E-state index contributed by atoms with van der Waals surface area (Å²) in [5, 5.41) is 0. The van der Waals surface area contributed by atoms with Crippen LogP contribution in [0.15, 0.2) is 24.3 Å². The van der Waals surface area contributed by atoms with E-state index < -0.39 is 0 Å². The molecule has 0 amide bonds. The smallest absolute Gasteiger partial charge is 0.123 e. The van der Waals surface area contributed by atoms with Crippen LogP contribution in [-0.4, -0.2) is 24.0 Å². The Morgan fingerprint density at radius 3 is 2.69 bits per heavy atom. The van der Waals surface area contributed by atoms with Crippen LogP contribution in [0.4, 0.5) is 4.39 Å². The number of nitrogens with zero attached hydrogens (tertiary/aromatic N) is 1. The molecule has 1 aromatic rings. The number of halogens is 1. The first-order valence-electron chi connectivity index (χ1n) is 5.87. The second-order valence-corrected chi connectivity index (χ2v) is 4.79. The summed E-state index contributed by atoms with van der Waals surface area (Å²) in [6, 6.07) is 7.00. The van der Waals surface area contributed by atoms with Crippen molar-refractivity contribution >= 4 is 0 Å². The van der Waals surface area contributed by atoms with Gasteiger partial charge < -0.3 is 5.73 Å². The van der Waals surface area contributed by atoms with E-state index in [4.69, 9.17) is 5.73 Å². The van der Waals surface area contributed by atoms with Crippen molar-refractivity contribution < 1.29 is 4.39 Å². The molecule has 2 atom stereocenters. The van der Waals surface area contributed by atoms with Gasteiger partial charge in [0.2, 0.25) is 0 Å². The van der Waals surface area contributed by atoms with Gasteiger partial charge >= 0.3 is 0 Å². The summed E-state index contributed by atoms with van der Waals surface area (Å²) < 4.78 is 12.7. The van der Waals surface area contributed by atoms with Crippen molar-refractivity contribution in [1.29, 1.82) is 0 Å². The molecule has 88 valence electrons. The molecule has 1 aliphatic rings. The first-order chi connectivity index (χ1) is 7.65. The predicted octanol–water partition coefficient (Wildman–Crippen LogP) is 1.99. The molecule has 0 spiro atoms. The highest BCUT2D eigenvalue weighted by Gasteiger charge is 2.22. The van der Waals surface area contributed by atoms with E-state index in [1.165, 1.54) is 12.1 Å². The van der Waals surface area contributed by atoms with Crippen LogP contribution in [0.25, 0.3) is 0 Å². The normalized spacial score (nSPS) is 26.9. The molecular weight excluding hydrogens is 203 g/mol. The summed E-state index contributed by atoms with van der Waals surface area (Å²) in [6.07, 6.45) is 1.16. The molecule has 0 saturated carbocycles. The molecule has 3 heteroatoms. The maximum absolute atomic E-state index is 12.7. The third-order valence-electron chi connectivity index (χ3n) is 3.42. The van der Waals surface area contributed by atoms with Gasteiger partial charge in [0.25, 0.3) is 0 Å². The topological polar surface area (TPSA) is 29.3 Å². The van der Waals surface area contributed by atoms with E-state index in [1.54, 1.807) is 0 Å². The minimum Gasteiger partial charge on any atom is -0.326 e. The number of benzene rings is 1. The Morgan fingerprint density at radius 2 is 2.06 bits per heavy atom. The average molecular weight is 222 g/mol. The van der Waals surface area contributed by atoms with Gasteiger partial charge in [0.15, 0.2) is 0 Å². The Morgan fingerprint density at radius 1 is 1.38 bits per heavy atom. The van der Waals surface area contributed by atoms with Crippen molar-refractivity contribution in [2.45, 2.75) is 25.9 Å². The molecule has 16 heavy (non-hydrogen) atoms. The van der Waals surface area contributed by atoms with E-state index in [0.29, 0.717) is 5.92 Å². The Kier molecular flexibility index (Phi) is 3.56. The van der Waals surface area contributed by atoms with Crippen LogP contribution in [0.3, 0.4) is 0 Å². The van der Waals surface area contributed by atoms with Gasteiger partial charge in [0, 0.05) is 19.1 Å². The quantitative estimate of drug-likeness (QED) is 0.829. The fraction of sp³-hybridized carbons (Fsp3) is 0.538. The number of nitrogens with two attached hydrogens (primary N) is 1. The number of piperidine rings is 1. The van der Waals surface area contributed by atoms with Crippen LogP contribution in [0.2, 0.25) is 0 Å². The molecular formula is C13H19FN2. The van der Waals surface area contributed by atoms with Gasteiger partial charge in [-0.25, -0.2) is 4.39 Å². The molecule has 1 heterocycles. The molecule has 1 fully saturated rings. The van der Waals surface area contributed by atoms with Crippen molar-refractivity contribution in [1.82, 2.24) is 4.90 Å². The highest BCUT2D eigenvalue weighted by Crippen LogP contribution is 2.17. The van der Waals surface area contributed by atoms with E-state index in [9.17, 15) is 4.39 Å². The van der Waals surface area contributed by atoms with E-state index in [-0.39, 0.29) is 11.9 Å². The first kappa shape index (κ1) is 11.6. The van der Waals surface area contributed by atoms with Crippen LogP contribution in [0.5, 0.6) is 0 Å². The van der Waals surface area contributed by atoms with Crippen LogP contribution < -0.4 is 5.73 Å². The Labute approximate surface area is 96.2 Å². The lowest BCUT2D eigenvalue weighted by Gasteiger charge is -2.35. The SMILES string of the molecule is CC1CCN(Cc2ccc(F)cc2)CC1N. The second-order valence-electron chi connectivity index (χ2n) is 4.79. The summed E-state index contributed by atoms with van der Waals surface area (Å²) in [5.41, 5.74) is 7.20. The zero-order valence-corrected chi connectivity index (χ0v) is 9.70. The zero-order chi connectivity index (χ0) is 11.5. The molecule has 0 aromatic heterocycles. The van der Waals surface area contributed by atoms with Crippen molar-refractivity contribution in [2.24, 2.45) is 11.7 Å². The van der Waals surface area contributed by atoms with Gasteiger partial charge in [-0.2, -0.15) is 0 Å². The highest BCUT2D eigenvalue weighted by molar-refractivity contribution is 5.16. The Hall–Kier alpha value is -0.930. The molecule has 0 bridgehead atoms. The Bertz CT molecular complexity index is 336. The van der Waals surface area contributed by atoms with Crippen molar-refractivity contribution in [3.8, 4) is 0 Å². The molecule has 2 nitrogen and oxygen atoms in total. The minimum atomic E-state index is -0.173. The van der Waals surface area contributed by atoms with E-state index in [2.05, 4.69) is 11.8 Å². The van der Waals surface area contributed by atoms with Crippen molar-refractivity contribution in [3.63, 3.8) is 0 Å². The van der Waals surface area contributed by atoms with Crippen LogP contribution >= 0.6 is 0 Å². The third-order valence-corrected chi connectivity index (χ3v) is 3.42. The molecule has 1 aliphatic heterocycles. The standard InChI is InChI=1S/C13H19FN2/c1-10-6-7-16(9-13(10)15)8-11-2-4-12(14)5-3-11/h2-5,10,13H,6-9,15H2,1H3. The third kappa shape index (κ3) is 2.80. The van der Waals surface area contributed by atoms with Crippen molar-refractivity contribution in [3.05, 3.63) is 35.6 Å². The number of rotatable bonds is 2. The fourth-order valence-corrected chi connectivity index (χ4v) is 2.16. The molecule has 2 unspecified atom stereocenters. The van der Waals surface area contributed by atoms with E-state index in [1.807, 2.05) is 12.1 Å². The molecule has 0 aliphatic carbocycles. The molecule has 0 radical (unpaired) electrons. The fourth-order valence-electron chi connectivity index (χ4n) is 2.16. The summed E-state index contributed by atoms with van der Waals surface area (Å²) >= 11 is 0. The van der Waals surface area contributed by atoms with Gasteiger partial charge in [-0.1, -0.05) is 19.1 Å². The summed E-state index contributed by atoms with van der Waals surface area (Å²) in [7, 11) is 0. The van der Waals surface area contributed by atoms with Gasteiger partial charge in [0.05, 0.1) is 0 Å². The lowest BCUT2D eigenvalue weighted by molar-refractivity contribution is 0.162. The zero-order valence-electron chi connectivity index (χ0n) is 9.70. The lowest BCUT2D eigenvalue weighted by Crippen LogP contribution is -2.47. The number of hydrogen-bond acceptors (Lipinski definition) is 2. The van der Waals surface area contributed by atoms with Crippen molar-refractivity contribution in [2.75, 3.05) is 13.1 Å². The van der Waals surface area contributed by atoms with Crippen LogP contribution in [-0.2, 0) is 6.54 Å². The van der Waals surface area contributed by atoms with Crippen LogP contribution in [0.1, 0.15) is 18.9 Å². The highest BCUT2D eigenvalue weighted by atomic mass is 19.1. The number of hydrogen-bond donors (Lipinski definition) is 1. The van der Waals surface area contributed by atoms with Crippen LogP contribution in [0, 0.1) is 11.7 Å². The molecule has 1 aromatic carbocycles. The maximum atomic E-state index is 12.7. The molecule has 1 saturated heterocycles. The Balaban J connectivity index is 1.93. The van der Waals surface area contributed by atoms with E-state index in [0.717, 1.165) is 31.6 Å². The number of likely N-dealkylation sites (tertiary alicyclic amines) is 1. The summed E-state index contributed by atoms with van der Waals surface area (Å²) in [4.78, 5) is 2.35. The second kappa shape index (κ2) is 4.93. The largest absolute Gasteiger partial charge is 0.326 e. The monoisotopic (exact) mass is 222 g/mol. The predicted molar refractivity (Wildman–Crippen MR) is 63.4 cm³/mol. The molecule has 2 N–H and O–H groups in total. The minimum absolute atomic E-state index is 0.173. The van der Waals surface area contributed by atoms with E-state index >= 15 is 0 Å². The van der Waals surface area contributed by atoms with Gasteiger partial charge in [0.1, 0.15) is 5.82 Å². The summed E-state index contributed by atoms with van der Waals surface area (Å²) in [5.74, 6) is 0.442. The van der Waals surface area contributed by atoms with Gasteiger partial charge in [-0.15, -0.1) is 0 Å². The average Bonchev–Trinajstić information content (AvgIpc) is 2.27. The van der Waals surface area contributed by atoms with Gasteiger partial charge in [-0.05, 0) is 36.6 Å². The summed E-state index contributed by atoms with van der Waals surface area (Å²) in [6.45, 7) is 5.12. The maximum Gasteiger partial charge on any atom is 0.123 e.